The van der Waals surface area contributed by atoms with E-state index in [1.807, 2.05) is 6.92 Å². The van der Waals surface area contributed by atoms with Crippen LogP contribution < -0.4 is 4.57 Å². The summed E-state index contributed by atoms with van der Waals surface area (Å²) in [5.74, 6) is 0. The van der Waals surface area contributed by atoms with E-state index in [0.29, 0.717) is 5.69 Å². The van der Waals surface area contributed by atoms with E-state index in [-0.39, 0.29) is 11.3 Å². The van der Waals surface area contributed by atoms with Gasteiger partial charge in [0.15, 0.2) is 5.69 Å². The van der Waals surface area contributed by atoms with Gasteiger partial charge in [0, 0.05) is 32.8 Å². The number of benzene rings is 1. The summed E-state index contributed by atoms with van der Waals surface area (Å²) in [4.78, 5) is 0. The van der Waals surface area contributed by atoms with Gasteiger partial charge in [0.05, 0.1) is 0 Å². The first-order valence-electron chi connectivity index (χ1n) is 8.13. The first-order chi connectivity index (χ1) is 10.0. The summed E-state index contributed by atoms with van der Waals surface area (Å²) in [6.07, 6.45) is 0. The second kappa shape index (κ2) is 4.09. The normalized spacial score (nSPS) is 17.6. The van der Waals surface area contributed by atoms with Crippen LogP contribution in [0.2, 0.25) is 0 Å². The predicted octanol–water partition coefficient (Wildman–Crippen LogP) is 3.10. The maximum absolute atomic E-state index is 7.59. The number of hydrogen-bond donors (Lipinski definition) is 0. The molecule has 1 aromatic heterocycles. The molecule has 82 valence electrons. The van der Waals surface area contributed by atoms with Crippen molar-refractivity contribution >= 4 is 0 Å². The number of hydrogen-bond acceptors (Lipinski definition) is 0. The van der Waals surface area contributed by atoms with Gasteiger partial charge in [-0.3, -0.25) is 0 Å². The molecule has 16 heavy (non-hydrogen) atoms. The van der Waals surface area contributed by atoms with Crippen molar-refractivity contribution < 1.29 is 12.8 Å². The second-order valence-electron chi connectivity index (χ2n) is 3.88. The van der Waals surface area contributed by atoms with Crippen LogP contribution in [0, 0.1) is 20.6 Å². The molecular formula is C15H18N+. The second-order valence-corrected chi connectivity index (χ2v) is 3.88. The molecule has 0 aliphatic heterocycles. The quantitative estimate of drug-likeness (QED) is 0.648. The van der Waals surface area contributed by atoms with E-state index in [4.69, 9.17) is 8.22 Å². The molecule has 0 saturated carbocycles. The first kappa shape index (κ1) is 5.62. The van der Waals surface area contributed by atoms with Crippen LogP contribution in [0.4, 0.5) is 0 Å². The Morgan fingerprint density at radius 3 is 2.75 bits per heavy atom. The van der Waals surface area contributed by atoms with Gasteiger partial charge in [-0.25, -0.2) is 0 Å². The van der Waals surface area contributed by atoms with Crippen molar-refractivity contribution in [2.45, 2.75) is 20.6 Å². The highest BCUT2D eigenvalue weighted by atomic mass is 14.9. The first-order valence-corrected chi connectivity index (χ1v) is 5.13. The van der Waals surface area contributed by atoms with E-state index in [2.05, 4.69) is 0 Å². The Kier molecular flexibility index (Phi) is 1.44. The van der Waals surface area contributed by atoms with Crippen LogP contribution in [0.25, 0.3) is 11.3 Å². The van der Waals surface area contributed by atoms with E-state index >= 15 is 0 Å². The minimum atomic E-state index is -2.22. The number of rotatable bonds is 1. The average molecular weight is 218 g/mol. The summed E-state index contributed by atoms with van der Waals surface area (Å²) in [6, 6.07) is 9.97. The summed E-state index contributed by atoms with van der Waals surface area (Å²) >= 11 is 0. The maximum atomic E-state index is 7.59. The Balaban J connectivity index is 2.67. The fourth-order valence-corrected chi connectivity index (χ4v) is 1.75. The molecule has 0 spiro atoms. The lowest BCUT2D eigenvalue weighted by Gasteiger charge is -2.06. The van der Waals surface area contributed by atoms with Crippen LogP contribution >= 0.6 is 0 Å². The van der Waals surface area contributed by atoms with Gasteiger partial charge >= 0.3 is 0 Å². The molecule has 0 atom stereocenters. The van der Waals surface area contributed by atoms with Crippen molar-refractivity contribution in [2.24, 2.45) is 7.05 Å². The summed E-state index contributed by atoms with van der Waals surface area (Å²) < 4.78 is 47.0. The Bertz CT molecular complexity index is 700. The largest absolute Gasteiger partial charge is 0.212 e. The predicted molar refractivity (Wildman–Crippen MR) is 67.3 cm³/mol. The Morgan fingerprint density at radius 2 is 2.00 bits per heavy atom. The number of aromatic nitrogens is 1. The lowest BCUT2D eigenvalue weighted by Crippen LogP contribution is -2.34. The van der Waals surface area contributed by atoms with Crippen molar-refractivity contribution in [3.8, 4) is 11.3 Å². The zero-order valence-electron chi connectivity index (χ0n) is 15.4. The van der Waals surface area contributed by atoms with Gasteiger partial charge < -0.3 is 0 Å². The van der Waals surface area contributed by atoms with Crippen molar-refractivity contribution in [3.63, 3.8) is 0 Å². The molecule has 0 N–H and O–H groups in total. The molecule has 0 unspecified atom stereocenters. The van der Waals surface area contributed by atoms with Crippen LogP contribution in [0.3, 0.4) is 0 Å². The Morgan fingerprint density at radius 1 is 1.12 bits per heavy atom. The molecular weight excluding hydrogens is 194 g/mol. The van der Waals surface area contributed by atoms with E-state index in [0.717, 1.165) is 11.1 Å². The van der Waals surface area contributed by atoms with Crippen molar-refractivity contribution in [1.29, 1.82) is 0 Å². The highest BCUT2D eigenvalue weighted by Crippen LogP contribution is 2.21. The molecule has 0 aliphatic rings. The third-order valence-electron chi connectivity index (χ3n) is 2.74. The monoisotopic (exact) mass is 218 g/mol. The molecule has 1 aromatic carbocycles. The molecule has 0 saturated heterocycles. The average Bonchev–Trinajstić information content (AvgIpc) is 2.37. The summed E-state index contributed by atoms with van der Waals surface area (Å²) in [5.41, 5.74) is 2.75. The van der Waals surface area contributed by atoms with Crippen LogP contribution in [0.1, 0.15) is 25.0 Å². The Labute approximate surface area is 106 Å². The molecule has 1 heterocycles. The molecule has 0 amide bonds. The van der Waals surface area contributed by atoms with Gasteiger partial charge in [-0.1, -0.05) is 17.7 Å². The lowest BCUT2D eigenvalue weighted by atomic mass is 10.0. The lowest BCUT2D eigenvalue weighted by molar-refractivity contribution is -0.666. The van der Waals surface area contributed by atoms with Crippen molar-refractivity contribution in [3.05, 3.63) is 53.2 Å². The SMILES string of the molecule is [2H]C([2H])([2H])c1ccc(C)c(-c2cccc(C([2H])([2H])[2H])[n+]2C)c1. The minimum absolute atomic E-state index is 0.212. The topological polar surface area (TPSA) is 3.88 Å². The number of nitrogens with zero attached hydrogens (tertiary/aromatic N) is 1. The molecule has 1 nitrogen and oxygen atoms in total. The van der Waals surface area contributed by atoms with Gasteiger partial charge in [0.25, 0.3) is 0 Å². The molecule has 2 rings (SSSR count). The van der Waals surface area contributed by atoms with E-state index in [1.165, 1.54) is 0 Å². The van der Waals surface area contributed by atoms with Crippen molar-refractivity contribution in [1.82, 2.24) is 0 Å². The summed E-state index contributed by atoms with van der Waals surface area (Å²) in [7, 11) is 1.68. The van der Waals surface area contributed by atoms with E-state index in [9.17, 15) is 0 Å². The fourth-order valence-electron chi connectivity index (χ4n) is 1.75. The van der Waals surface area contributed by atoms with Gasteiger partial charge in [-0.15, -0.1) is 0 Å². The molecule has 0 aliphatic carbocycles. The standard InChI is InChI=1S/C15H18N/c1-11-8-9-12(2)14(10-11)15-7-5-6-13(3)16(15)4/h5-10H,1-4H3/q+1/i1D3,3D3. The van der Waals surface area contributed by atoms with E-state index < -0.39 is 13.7 Å². The van der Waals surface area contributed by atoms with Crippen LogP contribution in [0.15, 0.2) is 36.4 Å². The van der Waals surface area contributed by atoms with E-state index in [1.54, 1.807) is 48.0 Å². The van der Waals surface area contributed by atoms with Crippen LogP contribution in [-0.2, 0) is 7.05 Å². The summed E-state index contributed by atoms with van der Waals surface area (Å²) in [6.45, 7) is -2.54. The highest BCUT2D eigenvalue weighted by Gasteiger charge is 2.13. The van der Waals surface area contributed by atoms with Gasteiger partial charge in [-0.2, -0.15) is 4.57 Å². The molecule has 0 bridgehead atoms. The number of pyridine rings is 1. The van der Waals surface area contributed by atoms with Crippen LogP contribution in [-0.4, -0.2) is 0 Å². The zero-order valence-corrected chi connectivity index (χ0v) is 9.41. The number of aryl methyl sites for hydroxylation is 3. The van der Waals surface area contributed by atoms with Gasteiger partial charge in [0.2, 0.25) is 5.69 Å². The smallest absolute Gasteiger partial charge is 0.199 e. The van der Waals surface area contributed by atoms with Crippen LogP contribution in [0.5, 0.6) is 0 Å². The van der Waals surface area contributed by atoms with Gasteiger partial charge in [0.1, 0.15) is 7.05 Å². The third kappa shape index (κ3) is 1.85. The third-order valence-corrected chi connectivity index (χ3v) is 2.74. The molecule has 1 heteroatoms. The van der Waals surface area contributed by atoms with Crippen molar-refractivity contribution in [2.75, 3.05) is 0 Å². The highest BCUT2D eigenvalue weighted by molar-refractivity contribution is 5.61. The van der Waals surface area contributed by atoms with Gasteiger partial charge in [-0.05, 0) is 31.5 Å². The Hall–Kier alpha value is -1.63. The molecule has 0 radical (unpaired) electrons. The fraction of sp³-hybridized carbons (Fsp3) is 0.267. The zero-order chi connectivity index (χ0) is 16.7. The maximum Gasteiger partial charge on any atom is 0.212 e. The molecule has 2 aromatic rings. The molecule has 0 fully saturated rings. The minimum Gasteiger partial charge on any atom is -0.199 e. The summed E-state index contributed by atoms with van der Waals surface area (Å²) in [5, 5.41) is 0.